The van der Waals surface area contributed by atoms with Gasteiger partial charge in [-0.05, 0) is 42.0 Å². The second-order valence-corrected chi connectivity index (χ2v) is 7.18. The fraction of sp³-hybridized carbons (Fsp3) is 0.0526. The molecule has 0 aliphatic heterocycles. The number of aromatic nitrogens is 1. The van der Waals surface area contributed by atoms with Crippen molar-refractivity contribution in [3.63, 3.8) is 0 Å². The highest BCUT2D eigenvalue weighted by Crippen LogP contribution is 2.25. The second-order valence-electron chi connectivity index (χ2n) is 5.31. The quantitative estimate of drug-likeness (QED) is 0.677. The van der Waals surface area contributed by atoms with Crippen LogP contribution < -0.4 is 19.5 Å². The third-order valence-corrected chi connectivity index (χ3v) is 5.38. The zero-order chi connectivity index (χ0) is 18.7. The number of Topliss-reactive ketones (excluding diaryl/α,β-unsaturated/α-hetero) is 1. The molecule has 0 saturated heterocycles. The van der Waals surface area contributed by atoms with Crippen molar-refractivity contribution in [2.75, 3.05) is 7.11 Å². The fourth-order valence-electron chi connectivity index (χ4n) is 2.26. The number of ketones is 1. The largest absolute Gasteiger partial charge is 0.497 e. The Labute approximate surface area is 163 Å². The molecule has 7 heteroatoms. The summed E-state index contributed by atoms with van der Waals surface area (Å²) in [4.78, 5) is 27.1. The maximum Gasteiger partial charge on any atom is 0.266 e. The molecule has 1 aromatic heterocycles. The van der Waals surface area contributed by atoms with Crippen LogP contribution >= 0.6 is 34.5 Å². The average molecular weight is 406 g/mol. The van der Waals surface area contributed by atoms with E-state index in [1.165, 1.54) is 17.4 Å². The Morgan fingerprint density at radius 2 is 1.88 bits per heavy atom. The predicted molar refractivity (Wildman–Crippen MR) is 106 cm³/mol. The summed E-state index contributed by atoms with van der Waals surface area (Å²) in [5.74, 6) is 0.457. The molecule has 0 atom stereocenters. The van der Waals surface area contributed by atoms with Crippen molar-refractivity contribution < 1.29 is 9.53 Å². The molecule has 0 fully saturated rings. The molecule has 0 aliphatic rings. The van der Waals surface area contributed by atoms with E-state index in [1.54, 1.807) is 55.7 Å². The molecule has 3 aromatic rings. The van der Waals surface area contributed by atoms with E-state index in [-0.39, 0.29) is 11.3 Å². The number of methoxy groups -OCH3 is 1. The predicted octanol–water partition coefficient (Wildman–Crippen LogP) is 3.24. The molecule has 1 heterocycles. The van der Waals surface area contributed by atoms with Gasteiger partial charge in [0.2, 0.25) is 0 Å². The molecule has 2 aromatic carbocycles. The number of carbonyl (C=O) groups excluding carboxylic acids is 1. The monoisotopic (exact) mass is 405 g/mol. The minimum absolute atomic E-state index is 0.211. The molecular weight excluding hydrogens is 393 g/mol. The van der Waals surface area contributed by atoms with E-state index in [2.05, 4.69) is 4.98 Å². The molecule has 0 spiro atoms. The zero-order valence-electron chi connectivity index (χ0n) is 13.6. The maximum absolute atomic E-state index is 12.3. The molecule has 4 nitrogen and oxygen atoms in total. The van der Waals surface area contributed by atoms with Gasteiger partial charge >= 0.3 is 0 Å². The SMILES string of the molecule is COc1ccc(C(=O)/C=c2/[nH]c(=O)/c(=C/c3cccc(Cl)c3Cl)s2)cc1. The maximum atomic E-state index is 12.3. The number of nitrogens with one attached hydrogen (secondary N) is 1. The number of rotatable bonds is 4. The zero-order valence-corrected chi connectivity index (χ0v) is 15.9. The van der Waals surface area contributed by atoms with E-state index >= 15 is 0 Å². The van der Waals surface area contributed by atoms with Crippen LogP contribution in [0.5, 0.6) is 5.75 Å². The normalized spacial score (nSPS) is 12.4. The highest BCUT2D eigenvalue weighted by atomic mass is 35.5. The third kappa shape index (κ3) is 4.07. The Kier molecular flexibility index (Phi) is 5.61. The lowest BCUT2D eigenvalue weighted by atomic mass is 10.1. The molecule has 132 valence electrons. The van der Waals surface area contributed by atoms with Gasteiger partial charge in [-0.2, -0.15) is 0 Å². The lowest BCUT2D eigenvalue weighted by Gasteiger charge is -1.99. The molecule has 0 amide bonds. The lowest BCUT2D eigenvalue weighted by molar-refractivity contribution is 0.106. The highest BCUT2D eigenvalue weighted by molar-refractivity contribution is 7.07. The molecule has 3 rings (SSSR count). The van der Waals surface area contributed by atoms with Crippen LogP contribution in [-0.2, 0) is 0 Å². The summed E-state index contributed by atoms with van der Waals surface area (Å²) in [7, 11) is 1.56. The van der Waals surface area contributed by atoms with Crippen molar-refractivity contribution in [1.82, 2.24) is 4.98 Å². The lowest BCUT2D eigenvalue weighted by Crippen LogP contribution is -2.20. The number of aromatic amines is 1. The second kappa shape index (κ2) is 7.91. The van der Waals surface area contributed by atoms with E-state index in [1.807, 2.05) is 0 Å². The van der Waals surface area contributed by atoms with Crippen molar-refractivity contribution in [3.8, 4) is 5.75 Å². The third-order valence-electron chi connectivity index (χ3n) is 3.59. The number of carbonyl (C=O) groups is 1. The highest BCUT2D eigenvalue weighted by Gasteiger charge is 2.05. The van der Waals surface area contributed by atoms with Crippen LogP contribution in [0.3, 0.4) is 0 Å². The smallest absolute Gasteiger partial charge is 0.266 e. The van der Waals surface area contributed by atoms with Gasteiger partial charge in [-0.3, -0.25) is 9.59 Å². The number of hydrogen-bond acceptors (Lipinski definition) is 4. The van der Waals surface area contributed by atoms with Gasteiger partial charge in [0, 0.05) is 11.6 Å². The van der Waals surface area contributed by atoms with E-state index in [0.717, 1.165) is 0 Å². The van der Waals surface area contributed by atoms with Crippen LogP contribution in [0.15, 0.2) is 47.3 Å². The number of H-pyrrole nitrogens is 1. The minimum Gasteiger partial charge on any atom is -0.497 e. The van der Waals surface area contributed by atoms with Gasteiger partial charge in [-0.15, -0.1) is 11.3 Å². The Bertz CT molecular complexity index is 1130. The first-order valence-corrected chi connectivity index (χ1v) is 9.10. The van der Waals surface area contributed by atoms with Gasteiger partial charge in [0.1, 0.15) is 5.75 Å². The van der Waals surface area contributed by atoms with Gasteiger partial charge in [-0.25, -0.2) is 0 Å². The first-order chi connectivity index (χ1) is 12.5. The van der Waals surface area contributed by atoms with Gasteiger partial charge in [-0.1, -0.05) is 35.3 Å². The average Bonchev–Trinajstić information content (AvgIpc) is 2.98. The van der Waals surface area contributed by atoms with Crippen LogP contribution in [0.4, 0.5) is 0 Å². The van der Waals surface area contributed by atoms with E-state index < -0.39 is 0 Å². The fourth-order valence-corrected chi connectivity index (χ4v) is 3.49. The molecule has 0 saturated carbocycles. The van der Waals surface area contributed by atoms with Crippen LogP contribution in [0.1, 0.15) is 15.9 Å². The van der Waals surface area contributed by atoms with E-state index in [9.17, 15) is 9.59 Å². The van der Waals surface area contributed by atoms with Gasteiger partial charge in [0.05, 0.1) is 26.4 Å². The molecule has 0 aliphatic carbocycles. The van der Waals surface area contributed by atoms with Crippen molar-refractivity contribution in [3.05, 3.63) is 83.2 Å². The summed E-state index contributed by atoms with van der Waals surface area (Å²) in [5.41, 5.74) is 0.850. The molecule has 0 radical (unpaired) electrons. The van der Waals surface area contributed by atoms with Crippen molar-refractivity contribution in [2.45, 2.75) is 0 Å². The summed E-state index contributed by atoms with van der Waals surface area (Å²) in [5, 5.41) is 0.789. The molecule has 1 N–H and O–H groups in total. The van der Waals surface area contributed by atoms with E-state index in [4.69, 9.17) is 27.9 Å². The van der Waals surface area contributed by atoms with Gasteiger partial charge in [0.15, 0.2) is 5.78 Å². The van der Waals surface area contributed by atoms with Crippen LogP contribution in [0.2, 0.25) is 10.0 Å². The topological polar surface area (TPSA) is 59.2 Å². The number of thiazole rings is 1. The van der Waals surface area contributed by atoms with Crippen LogP contribution in [0.25, 0.3) is 12.2 Å². The Hall–Kier alpha value is -2.34. The summed E-state index contributed by atoms with van der Waals surface area (Å²) in [6.45, 7) is 0. The van der Waals surface area contributed by atoms with Crippen molar-refractivity contribution >= 4 is 52.5 Å². The van der Waals surface area contributed by atoms with Crippen LogP contribution in [-0.4, -0.2) is 17.9 Å². The Morgan fingerprint density at radius 3 is 2.58 bits per heavy atom. The number of benzene rings is 2. The summed E-state index contributed by atoms with van der Waals surface area (Å²) in [6, 6.07) is 11.9. The molecule has 0 unspecified atom stereocenters. The Balaban J connectivity index is 1.98. The summed E-state index contributed by atoms with van der Waals surface area (Å²) < 4.78 is 5.96. The number of halogens is 2. The first kappa shape index (κ1) is 18.5. The van der Waals surface area contributed by atoms with Crippen molar-refractivity contribution in [2.24, 2.45) is 0 Å². The standard InChI is InChI=1S/C19H13Cl2NO3S/c1-25-13-7-5-11(6-8-13)15(23)10-17-22-19(24)16(26-17)9-12-3-2-4-14(20)18(12)21/h2-10H,1H3,(H,22,24)/b16-9-,17-10-. The minimum atomic E-state index is -0.292. The van der Waals surface area contributed by atoms with Gasteiger partial charge in [0.25, 0.3) is 5.56 Å². The first-order valence-electron chi connectivity index (χ1n) is 7.53. The molecule has 26 heavy (non-hydrogen) atoms. The van der Waals surface area contributed by atoms with Crippen LogP contribution in [0, 0.1) is 0 Å². The number of hydrogen-bond donors (Lipinski definition) is 1. The summed E-state index contributed by atoms with van der Waals surface area (Å²) in [6.07, 6.45) is 3.04. The molecule has 0 bridgehead atoms. The van der Waals surface area contributed by atoms with Gasteiger partial charge < -0.3 is 9.72 Å². The van der Waals surface area contributed by atoms with Crippen molar-refractivity contribution in [1.29, 1.82) is 0 Å². The summed E-state index contributed by atoms with van der Waals surface area (Å²) >= 11 is 13.3. The Morgan fingerprint density at radius 1 is 1.15 bits per heavy atom. The number of ether oxygens (including phenoxy) is 1. The molecular formula is C19H13Cl2NO3S. The van der Waals surface area contributed by atoms with E-state index in [0.29, 0.717) is 36.1 Å².